The van der Waals surface area contributed by atoms with Crippen LogP contribution in [-0.2, 0) is 9.57 Å². The standard InChI is InChI=1S/C21H24F2IN3O4/c1-13-10-14(24)2-5-18(13)25-20-16(3-4-17(22)19(20)23)21(29)26-31-12-15(28)11-27-6-8-30-9-7-27/h2-5,10,15,25,28H,6-9,11-12H2,1H3,(H,26,29). The van der Waals surface area contributed by atoms with E-state index in [0.29, 0.717) is 38.5 Å². The summed E-state index contributed by atoms with van der Waals surface area (Å²) in [5, 5.41) is 12.9. The highest BCUT2D eigenvalue weighted by atomic mass is 127. The molecule has 3 N–H and O–H groups in total. The second kappa shape index (κ2) is 11.1. The van der Waals surface area contributed by atoms with E-state index in [9.17, 15) is 18.7 Å². The molecule has 0 bridgehead atoms. The van der Waals surface area contributed by atoms with Gasteiger partial charge in [0.1, 0.15) is 6.61 Å². The number of nitrogens with one attached hydrogen (secondary N) is 2. The minimum absolute atomic E-state index is 0.125. The number of amides is 1. The Labute approximate surface area is 192 Å². The third-order valence-electron chi connectivity index (χ3n) is 4.80. The van der Waals surface area contributed by atoms with Gasteiger partial charge in [0.05, 0.1) is 30.6 Å². The molecule has 31 heavy (non-hydrogen) atoms. The van der Waals surface area contributed by atoms with Crippen LogP contribution >= 0.6 is 22.6 Å². The van der Waals surface area contributed by atoms with E-state index in [4.69, 9.17) is 9.57 Å². The van der Waals surface area contributed by atoms with Gasteiger partial charge < -0.3 is 15.2 Å². The van der Waals surface area contributed by atoms with Crippen LogP contribution in [0.4, 0.5) is 20.2 Å². The summed E-state index contributed by atoms with van der Waals surface area (Å²) in [7, 11) is 0. The zero-order chi connectivity index (χ0) is 22.4. The smallest absolute Gasteiger partial charge is 0.277 e. The lowest BCUT2D eigenvalue weighted by Gasteiger charge is -2.28. The van der Waals surface area contributed by atoms with Crippen LogP contribution in [0.1, 0.15) is 15.9 Å². The number of aliphatic hydroxyl groups is 1. The summed E-state index contributed by atoms with van der Waals surface area (Å²) in [4.78, 5) is 19.7. The van der Waals surface area contributed by atoms with Crippen LogP contribution in [0.3, 0.4) is 0 Å². The number of hydrogen-bond acceptors (Lipinski definition) is 6. The number of carbonyl (C=O) groups excluding carboxylic acids is 1. The highest BCUT2D eigenvalue weighted by Crippen LogP contribution is 2.28. The number of aliphatic hydroxyl groups excluding tert-OH is 1. The maximum Gasteiger partial charge on any atom is 0.277 e. The summed E-state index contributed by atoms with van der Waals surface area (Å²) in [6, 6.07) is 7.46. The first-order chi connectivity index (χ1) is 14.8. The Bertz CT molecular complexity index is 926. The molecule has 2 aromatic rings. The van der Waals surface area contributed by atoms with Crippen molar-refractivity contribution in [3.8, 4) is 0 Å². The summed E-state index contributed by atoms with van der Waals surface area (Å²) in [5.74, 6) is -3.01. The van der Waals surface area contributed by atoms with Gasteiger partial charge >= 0.3 is 0 Å². The number of hydrogen-bond donors (Lipinski definition) is 3. The molecule has 168 valence electrons. The van der Waals surface area contributed by atoms with Gasteiger partial charge in [-0.2, -0.15) is 0 Å². The van der Waals surface area contributed by atoms with E-state index in [2.05, 4.69) is 33.4 Å². The first kappa shape index (κ1) is 23.8. The predicted octanol–water partition coefficient (Wildman–Crippen LogP) is 2.98. The number of β-amino-alcohol motifs (C(OH)–C–C–N with tert-alkyl or cyclic N) is 1. The molecule has 1 fully saturated rings. The summed E-state index contributed by atoms with van der Waals surface area (Å²) < 4.78 is 34.6. The van der Waals surface area contributed by atoms with Crippen molar-refractivity contribution in [3.05, 3.63) is 56.7 Å². The molecule has 1 aliphatic heterocycles. The maximum absolute atomic E-state index is 14.5. The maximum atomic E-state index is 14.5. The fourth-order valence-corrected chi connectivity index (χ4v) is 3.80. The largest absolute Gasteiger partial charge is 0.389 e. The molecule has 1 saturated heterocycles. The monoisotopic (exact) mass is 547 g/mol. The summed E-state index contributed by atoms with van der Waals surface area (Å²) in [6.07, 6.45) is -0.824. The SMILES string of the molecule is Cc1cc(I)ccc1Nc1c(C(=O)NOCC(O)CN2CCOCC2)ccc(F)c1F. The van der Waals surface area contributed by atoms with E-state index < -0.39 is 23.6 Å². The molecule has 7 nitrogen and oxygen atoms in total. The molecule has 0 spiro atoms. The Balaban J connectivity index is 1.64. The average Bonchev–Trinajstić information content (AvgIpc) is 2.74. The highest BCUT2D eigenvalue weighted by Gasteiger charge is 2.21. The van der Waals surface area contributed by atoms with E-state index in [0.717, 1.165) is 15.2 Å². The van der Waals surface area contributed by atoms with Gasteiger partial charge in [0.25, 0.3) is 5.91 Å². The number of rotatable bonds is 8. The fourth-order valence-electron chi connectivity index (χ4n) is 3.16. The van der Waals surface area contributed by atoms with Gasteiger partial charge in [-0.15, -0.1) is 0 Å². The van der Waals surface area contributed by atoms with Crippen LogP contribution in [0.2, 0.25) is 0 Å². The van der Waals surface area contributed by atoms with Gasteiger partial charge in [-0.25, -0.2) is 14.3 Å². The Morgan fingerprint density at radius 3 is 2.74 bits per heavy atom. The van der Waals surface area contributed by atoms with Crippen molar-refractivity contribution in [2.24, 2.45) is 0 Å². The Hall–Kier alpha value is -1.86. The molecule has 0 aliphatic carbocycles. The quantitative estimate of drug-likeness (QED) is 0.349. The molecule has 1 amide bonds. The second-order valence-electron chi connectivity index (χ2n) is 7.18. The number of morpholine rings is 1. The normalized spacial score (nSPS) is 15.5. The molecule has 10 heteroatoms. The minimum Gasteiger partial charge on any atom is -0.389 e. The van der Waals surface area contributed by atoms with E-state index in [1.54, 1.807) is 6.07 Å². The van der Waals surface area contributed by atoms with Crippen LogP contribution in [-0.4, -0.2) is 61.5 Å². The average molecular weight is 547 g/mol. The van der Waals surface area contributed by atoms with E-state index in [1.807, 2.05) is 24.0 Å². The van der Waals surface area contributed by atoms with E-state index >= 15 is 0 Å². The van der Waals surface area contributed by atoms with E-state index in [-0.39, 0.29) is 17.9 Å². The van der Waals surface area contributed by atoms with Crippen molar-refractivity contribution >= 4 is 39.9 Å². The van der Waals surface area contributed by atoms with Crippen molar-refractivity contribution in [1.29, 1.82) is 0 Å². The van der Waals surface area contributed by atoms with Crippen LogP contribution in [0.5, 0.6) is 0 Å². The molecule has 1 atom stereocenters. The summed E-state index contributed by atoms with van der Waals surface area (Å²) in [5.41, 5.74) is 3.13. The Morgan fingerprint density at radius 2 is 2.03 bits per heavy atom. The number of anilines is 2. The first-order valence-corrected chi connectivity index (χ1v) is 10.8. The van der Waals surface area contributed by atoms with Gasteiger partial charge in [-0.3, -0.25) is 14.5 Å². The van der Waals surface area contributed by atoms with Crippen LogP contribution in [0, 0.1) is 22.1 Å². The second-order valence-corrected chi connectivity index (χ2v) is 8.42. The lowest BCUT2D eigenvalue weighted by molar-refractivity contribution is -0.0362. The number of nitrogens with zero attached hydrogens (tertiary/aromatic N) is 1. The Morgan fingerprint density at radius 1 is 1.29 bits per heavy atom. The minimum atomic E-state index is -1.17. The molecule has 1 aliphatic rings. The number of hydroxylamine groups is 1. The van der Waals surface area contributed by atoms with Gasteiger partial charge in [0, 0.05) is 28.9 Å². The van der Waals surface area contributed by atoms with Gasteiger partial charge in [0.15, 0.2) is 11.6 Å². The topological polar surface area (TPSA) is 83.1 Å². The fraction of sp³-hybridized carbons (Fsp3) is 0.381. The van der Waals surface area contributed by atoms with Crippen molar-refractivity contribution in [1.82, 2.24) is 10.4 Å². The zero-order valence-electron chi connectivity index (χ0n) is 17.0. The molecule has 0 aromatic heterocycles. The molecule has 1 unspecified atom stereocenters. The molecule has 1 heterocycles. The molecule has 3 rings (SSSR count). The van der Waals surface area contributed by atoms with Gasteiger partial charge in [0.2, 0.25) is 0 Å². The first-order valence-electron chi connectivity index (χ1n) is 9.76. The number of carbonyl (C=O) groups is 1. The van der Waals surface area contributed by atoms with Crippen LogP contribution in [0.15, 0.2) is 30.3 Å². The molecule has 2 aromatic carbocycles. The Kier molecular flexibility index (Phi) is 8.55. The molecule has 0 saturated carbocycles. The van der Waals surface area contributed by atoms with E-state index in [1.165, 1.54) is 6.07 Å². The number of benzene rings is 2. The lowest BCUT2D eigenvalue weighted by atomic mass is 10.1. The van der Waals surface area contributed by atoms with Crippen LogP contribution < -0.4 is 10.8 Å². The predicted molar refractivity (Wildman–Crippen MR) is 120 cm³/mol. The molecule has 0 radical (unpaired) electrons. The summed E-state index contributed by atoms with van der Waals surface area (Å²) in [6.45, 7) is 4.69. The van der Waals surface area contributed by atoms with Gasteiger partial charge in [-0.05, 0) is 65.4 Å². The van der Waals surface area contributed by atoms with Crippen molar-refractivity contribution in [3.63, 3.8) is 0 Å². The number of ether oxygens (including phenoxy) is 1. The van der Waals surface area contributed by atoms with Crippen LogP contribution in [0.25, 0.3) is 0 Å². The van der Waals surface area contributed by atoms with Crippen molar-refractivity contribution in [2.75, 3.05) is 44.8 Å². The molecular weight excluding hydrogens is 523 g/mol. The highest BCUT2D eigenvalue weighted by molar-refractivity contribution is 14.1. The van der Waals surface area contributed by atoms with Gasteiger partial charge in [-0.1, -0.05) is 0 Å². The third kappa shape index (κ3) is 6.56. The lowest BCUT2D eigenvalue weighted by Crippen LogP contribution is -2.42. The van der Waals surface area contributed by atoms with Crippen molar-refractivity contribution < 1.29 is 28.3 Å². The summed E-state index contributed by atoms with van der Waals surface area (Å²) >= 11 is 2.15. The third-order valence-corrected chi connectivity index (χ3v) is 5.47. The number of halogens is 3. The zero-order valence-corrected chi connectivity index (χ0v) is 19.1. The number of aryl methyl sites for hydroxylation is 1. The molecular formula is C21H24F2IN3O4. The van der Waals surface area contributed by atoms with Crippen molar-refractivity contribution in [2.45, 2.75) is 13.0 Å².